The highest BCUT2D eigenvalue weighted by atomic mass is 32.2. The minimum Gasteiger partial charge on any atom is -0.334 e. The number of hydrazine groups is 1. The molecule has 0 aliphatic rings. The van der Waals surface area contributed by atoms with Crippen LogP contribution in [0, 0.1) is 6.57 Å². The molecular formula is C30H48N6O3S2. The summed E-state index contributed by atoms with van der Waals surface area (Å²) in [7, 11) is -3.48. The third kappa shape index (κ3) is 13.6. The van der Waals surface area contributed by atoms with Crippen molar-refractivity contribution in [1.82, 2.24) is 15.7 Å². The number of thiazole rings is 1. The van der Waals surface area contributed by atoms with Crippen molar-refractivity contribution in [3.63, 3.8) is 0 Å². The predicted octanol–water partition coefficient (Wildman–Crippen LogP) is 8.62. The summed E-state index contributed by atoms with van der Waals surface area (Å²) in [5.41, 5.74) is 6.87. The molecule has 11 heteroatoms. The lowest BCUT2D eigenvalue weighted by atomic mass is 10.1. The average Bonchev–Trinajstić information content (AvgIpc) is 3.38. The van der Waals surface area contributed by atoms with Crippen LogP contribution in [0.1, 0.15) is 111 Å². The van der Waals surface area contributed by atoms with Gasteiger partial charge in [0.15, 0.2) is 5.13 Å². The maximum absolute atomic E-state index is 12.7. The Morgan fingerprint density at radius 3 is 2.27 bits per heavy atom. The summed E-state index contributed by atoms with van der Waals surface area (Å²) < 4.78 is 28.0. The molecule has 0 saturated carbocycles. The van der Waals surface area contributed by atoms with Crippen LogP contribution in [0.25, 0.3) is 16.1 Å². The number of sulfonamides is 1. The van der Waals surface area contributed by atoms with E-state index in [-0.39, 0.29) is 17.8 Å². The first kappa shape index (κ1) is 34.4. The highest BCUT2D eigenvalue weighted by molar-refractivity contribution is 7.92. The maximum Gasteiger partial charge on any atom is 0.333 e. The smallest absolute Gasteiger partial charge is 0.333 e. The molecule has 0 bridgehead atoms. The van der Waals surface area contributed by atoms with Crippen molar-refractivity contribution in [1.29, 1.82) is 0 Å². The predicted molar refractivity (Wildman–Crippen MR) is 172 cm³/mol. The highest BCUT2D eigenvalue weighted by Crippen LogP contribution is 2.38. The van der Waals surface area contributed by atoms with E-state index in [2.05, 4.69) is 44.6 Å². The van der Waals surface area contributed by atoms with Crippen molar-refractivity contribution in [2.24, 2.45) is 0 Å². The fraction of sp³-hybridized carbons (Fsp3) is 0.633. The van der Waals surface area contributed by atoms with Gasteiger partial charge in [0.25, 0.3) is 5.00 Å². The number of nitrogens with zero attached hydrogens (tertiary/aromatic N) is 2. The summed E-state index contributed by atoms with van der Waals surface area (Å²) in [6.07, 6.45) is 15.3. The molecule has 1 aromatic carbocycles. The summed E-state index contributed by atoms with van der Waals surface area (Å²) in [4.78, 5) is 20.4. The molecule has 0 radical (unpaired) electrons. The van der Waals surface area contributed by atoms with Crippen LogP contribution in [0.3, 0.4) is 0 Å². The maximum atomic E-state index is 12.7. The first-order valence-corrected chi connectivity index (χ1v) is 17.6. The topological polar surface area (TPSA) is 117 Å². The van der Waals surface area contributed by atoms with E-state index in [1.807, 2.05) is 6.92 Å². The van der Waals surface area contributed by atoms with Crippen LogP contribution < -0.4 is 20.9 Å². The van der Waals surface area contributed by atoms with Gasteiger partial charge in [-0.05, 0) is 37.0 Å². The second-order valence-electron chi connectivity index (χ2n) is 10.4. The lowest BCUT2D eigenvalue weighted by molar-refractivity contribution is 0.237. The Hall–Kier alpha value is -2.84. The first-order valence-electron chi connectivity index (χ1n) is 15.1. The van der Waals surface area contributed by atoms with Gasteiger partial charge in [-0.1, -0.05) is 104 Å². The van der Waals surface area contributed by atoms with Gasteiger partial charge in [0.05, 0.1) is 18.0 Å². The van der Waals surface area contributed by atoms with Gasteiger partial charge in [-0.15, -0.1) is 11.3 Å². The van der Waals surface area contributed by atoms with Gasteiger partial charge in [-0.25, -0.2) is 28.5 Å². The molecule has 1 unspecified atom stereocenters. The van der Waals surface area contributed by atoms with E-state index in [1.54, 1.807) is 24.3 Å². The van der Waals surface area contributed by atoms with Gasteiger partial charge in [-0.3, -0.25) is 10.1 Å². The van der Waals surface area contributed by atoms with Crippen LogP contribution in [0.15, 0.2) is 24.3 Å². The second kappa shape index (κ2) is 19.3. The number of aromatic nitrogens is 1. The third-order valence-corrected chi connectivity index (χ3v) is 9.14. The highest BCUT2D eigenvalue weighted by Gasteiger charge is 2.16. The molecule has 0 saturated heterocycles. The van der Waals surface area contributed by atoms with Crippen molar-refractivity contribution in [2.45, 2.75) is 117 Å². The molecule has 0 aliphatic carbocycles. The van der Waals surface area contributed by atoms with E-state index in [1.165, 1.54) is 38.5 Å². The van der Waals surface area contributed by atoms with Gasteiger partial charge in [0.2, 0.25) is 10.0 Å². The zero-order valence-corrected chi connectivity index (χ0v) is 26.6. The molecule has 41 heavy (non-hydrogen) atoms. The van der Waals surface area contributed by atoms with Gasteiger partial charge >= 0.3 is 6.03 Å². The number of carbonyl (C=O) groups is 1. The van der Waals surface area contributed by atoms with Gasteiger partial charge < -0.3 is 5.32 Å². The average molecular weight is 605 g/mol. The fourth-order valence-corrected chi connectivity index (χ4v) is 6.43. The van der Waals surface area contributed by atoms with Crippen molar-refractivity contribution in [3.8, 4) is 11.3 Å². The Balaban J connectivity index is 1.87. The van der Waals surface area contributed by atoms with E-state index in [0.29, 0.717) is 33.5 Å². The van der Waals surface area contributed by atoms with Gasteiger partial charge in [0.1, 0.15) is 0 Å². The van der Waals surface area contributed by atoms with Crippen LogP contribution in [-0.4, -0.2) is 31.2 Å². The standard InChI is InChI=1S/C30H48N6O3S2/c1-5-8-10-11-12-13-14-15-16-17-22-41(38,39)36-26-21-18-19-24(23-26)27-28(31-4)40-30(33-27)35-34-29(37)32-25(7-3)20-9-6-2/h18-19,21,23,25,36H,5-17,20,22H2,1-3H3,(H,33,35)(H2,32,34,37). The van der Waals surface area contributed by atoms with Crippen LogP contribution >= 0.6 is 11.3 Å². The Morgan fingerprint density at radius 2 is 1.63 bits per heavy atom. The summed E-state index contributed by atoms with van der Waals surface area (Å²) in [6.45, 7) is 14.0. The largest absolute Gasteiger partial charge is 0.334 e. The van der Waals surface area contributed by atoms with E-state index in [0.717, 1.165) is 56.3 Å². The van der Waals surface area contributed by atoms with Crippen LogP contribution in [0.2, 0.25) is 0 Å². The molecule has 2 aromatic rings. The van der Waals surface area contributed by atoms with Crippen molar-refractivity contribution < 1.29 is 13.2 Å². The summed E-state index contributed by atoms with van der Waals surface area (Å²) in [5.74, 6) is 0.0802. The molecule has 0 aliphatic heterocycles. The number of amides is 2. The Bertz CT molecular complexity index is 1190. The van der Waals surface area contributed by atoms with Gasteiger partial charge in [-0.2, -0.15) is 0 Å². The molecule has 1 aromatic heterocycles. The number of urea groups is 1. The molecule has 0 fully saturated rings. The third-order valence-electron chi connectivity index (χ3n) is 6.90. The quantitative estimate of drug-likeness (QED) is 0.0647. The molecular weight excluding hydrogens is 557 g/mol. The fourth-order valence-electron chi connectivity index (χ4n) is 4.53. The lowest BCUT2D eigenvalue weighted by Crippen LogP contribution is -2.44. The van der Waals surface area contributed by atoms with E-state index in [9.17, 15) is 13.2 Å². The van der Waals surface area contributed by atoms with Crippen molar-refractivity contribution in [2.75, 3.05) is 15.9 Å². The van der Waals surface area contributed by atoms with Crippen LogP contribution in [-0.2, 0) is 10.0 Å². The Kier molecular flexibility index (Phi) is 16.2. The summed E-state index contributed by atoms with van der Waals surface area (Å²) in [6, 6.07) is 6.64. The molecule has 2 amide bonds. The van der Waals surface area contributed by atoms with E-state index >= 15 is 0 Å². The van der Waals surface area contributed by atoms with E-state index < -0.39 is 10.0 Å². The number of benzene rings is 1. The number of hydrogen-bond acceptors (Lipinski definition) is 6. The SMILES string of the molecule is [C-]#[N+]c1sc(NNC(=O)NC(CC)CCCC)nc1-c1cccc(NS(=O)(=O)CCCCCCCCCCCC)c1. The second-order valence-corrected chi connectivity index (χ2v) is 13.3. The molecule has 228 valence electrons. The normalized spacial score (nSPS) is 12.0. The van der Waals surface area contributed by atoms with Crippen LogP contribution in [0.5, 0.6) is 0 Å². The van der Waals surface area contributed by atoms with Crippen molar-refractivity contribution in [3.05, 3.63) is 35.7 Å². The monoisotopic (exact) mass is 604 g/mol. The molecule has 4 N–H and O–H groups in total. The van der Waals surface area contributed by atoms with Crippen LogP contribution in [0.4, 0.5) is 20.6 Å². The number of unbranched alkanes of at least 4 members (excludes halogenated alkanes) is 10. The lowest BCUT2D eigenvalue weighted by Gasteiger charge is -2.17. The summed E-state index contributed by atoms with van der Waals surface area (Å²) >= 11 is 1.12. The zero-order valence-electron chi connectivity index (χ0n) is 24.9. The number of nitrogens with one attached hydrogen (secondary N) is 4. The van der Waals surface area contributed by atoms with E-state index in [4.69, 9.17) is 6.57 Å². The first-order chi connectivity index (χ1) is 19.8. The molecule has 2 rings (SSSR count). The zero-order chi connectivity index (χ0) is 29.9. The van der Waals surface area contributed by atoms with Gasteiger partial charge in [0, 0.05) is 11.7 Å². The Labute approximate surface area is 251 Å². The minimum absolute atomic E-state index is 0.0802. The Morgan fingerprint density at radius 1 is 0.976 bits per heavy atom. The number of hydrogen-bond donors (Lipinski definition) is 4. The number of anilines is 2. The number of carbonyl (C=O) groups excluding carboxylic acids is 1. The molecule has 0 spiro atoms. The van der Waals surface area contributed by atoms with Crippen molar-refractivity contribution >= 4 is 43.2 Å². The number of rotatable bonds is 21. The summed E-state index contributed by atoms with van der Waals surface area (Å²) in [5, 5.41) is 3.65. The molecule has 1 heterocycles. The molecule has 1 atom stereocenters. The minimum atomic E-state index is -3.48. The molecule has 9 nitrogen and oxygen atoms in total.